The van der Waals surface area contributed by atoms with Gasteiger partial charge in [-0.25, -0.2) is 0 Å². The first-order chi connectivity index (χ1) is 13.7. The number of carbonyl (C=O) groups is 2. The molecule has 1 aliphatic carbocycles. The Morgan fingerprint density at radius 1 is 0.714 bits per heavy atom. The first-order valence-corrected chi connectivity index (χ1v) is 9.62. The summed E-state index contributed by atoms with van der Waals surface area (Å²) in [5.41, 5.74) is 4.06. The molecule has 0 atom stereocenters. The highest BCUT2D eigenvalue weighted by Crippen LogP contribution is 2.37. The fraction of sp³-hybridized carbons (Fsp3) is 0.167. The number of benzene rings is 3. The number of hydrogen-bond acceptors (Lipinski definition) is 4. The number of hydrogen-bond donors (Lipinski definition) is 2. The van der Waals surface area contributed by atoms with Gasteiger partial charge in [0, 0.05) is 29.0 Å². The largest absolute Gasteiger partial charge is 0.384 e. The lowest BCUT2D eigenvalue weighted by Gasteiger charge is -2.24. The van der Waals surface area contributed by atoms with Crippen molar-refractivity contribution in [2.45, 2.75) is 19.8 Å². The monoisotopic (exact) mass is 370 g/mol. The molecule has 1 aliphatic rings. The molecule has 0 saturated heterocycles. The lowest BCUT2D eigenvalue weighted by atomic mass is 9.82. The highest BCUT2D eigenvalue weighted by molar-refractivity contribution is 6.32. The number of para-hydroxylation sites is 1. The molecule has 28 heavy (non-hydrogen) atoms. The van der Waals surface area contributed by atoms with Crippen molar-refractivity contribution < 1.29 is 9.59 Å². The van der Waals surface area contributed by atoms with Crippen LogP contribution in [0.5, 0.6) is 0 Å². The topological polar surface area (TPSA) is 58.2 Å². The number of fused-ring (bicyclic) bond motifs is 2. The molecule has 0 bridgehead atoms. The van der Waals surface area contributed by atoms with E-state index < -0.39 is 0 Å². The van der Waals surface area contributed by atoms with Crippen molar-refractivity contribution in [3.63, 3.8) is 0 Å². The van der Waals surface area contributed by atoms with Gasteiger partial charge in [-0.15, -0.1) is 0 Å². The lowest BCUT2D eigenvalue weighted by Crippen LogP contribution is -2.24. The van der Waals surface area contributed by atoms with Gasteiger partial charge < -0.3 is 10.6 Å². The number of rotatable bonds is 6. The van der Waals surface area contributed by atoms with E-state index in [4.69, 9.17) is 0 Å². The van der Waals surface area contributed by atoms with Crippen molar-refractivity contribution in [3.8, 4) is 0 Å². The summed E-state index contributed by atoms with van der Waals surface area (Å²) < 4.78 is 0. The van der Waals surface area contributed by atoms with Crippen molar-refractivity contribution in [3.05, 3.63) is 89.0 Å². The average molecular weight is 370 g/mol. The average Bonchev–Trinajstić information content (AvgIpc) is 2.73. The highest BCUT2D eigenvalue weighted by Gasteiger charge is 2.33. The minimum absolute atomic E-state index is 0.110. The van der Waals surface area contributed by atoms with Crippen LogP contribution in [0.25, 0.3) is 0 Å². The van der Waals surface area contributed by atoms with Crippen LogP contribution in [0.3, 0.4) is 0 Å². The lowest BCUT2D eigenvalue weighted by molar-refractivity contribution is 0.0980. The molecule has 2 N–H and O–H groups in total. The number of carbonyl (C=O) groups excluding carboxylic acids is 2. The molecule has 0 fully saturated rings. The second kappa shape index (κ2) is 7.69. The number of nitrogens with one attached hydrogen (secondary N) is 2. The minimum atomic E-state index is -0.122. The second-order valence-corrected chi connectivity index (χ2v) is 6.89. The molecule has 0 aromatic heterocycles. The SMILES string of the molecule is CCCCNc1ccc(Nc2ccccc2)c2c1C(=O)c1ccccc1C2=O. The Morgan fingerprint density at radius 3 is 1.93 bits per heavy atom. The van der Waals surface area contributed by atoms with Gasteiger partial charge in [-0.2, -0.15) is 0 Å². The van der Waals surface area contributed by atoms with E-state index >= 15 is 0 Å². The van der Waals surface area contributed by atoms with E-state index in [-0.39, 0.29) is 11.6 Å². The number of unbranched alkanes of at least 4 members (excludes halogenated alkanes) is 1. The Labute approximate surface area is 164 Å². The van der Waals surface area contributed by atoms with Gasteiger partial charge in [0.25, 0.3) is 0 Å². The van der Waals surface area contributed by atoms with Crippen molar-refractivity contribution in [2.75, 3.05) is 17.2 Å². The van der Waals surface area contributed by atoms with Crippen LogP contribution in [0.4, 0.5) is 17.1 Å². The van der Waals surface area contributed by atoms with Gasteiger partial charge in [0.05, 0.1) is 16.8 Å². The van der Waals surface area contributed by atoms with Gasteiger partial charge in [-0.05, 0) is 30.7 Å². The standard InChI is InChI=1S/C24H22N2O2/c1-2-3-15-25-19-13-14-20(26-16-9-5-4-6-10-16)22-21(19)23(27)17-11-7-8-12-18(17)24(22)28/h4-14,25-26H,2-3,15H2,1H3. The van der Waals surface area contributed by atoms with Crippen LogP contribution in [0, 0.1) is 0 Å². The zero-order valence-electron chi connectivity index (χ0n) is 15.8. The smallest absolute Gasteiger partial charge is 0.196 e. The van der Waals surface area contributed by atoms with E-state index in [9.17, 15) is 9.59 Å². The fourth-order valence-electron chi connectivity index (χ4n) is 3.55. The predicted molar refractivity (Wildman–Crippen MR) is 113 cm³/mol. The van der Waals surface area contributed by atoms with Gasteiger partial charge in [0.1, 0.15) is 0 Å². The molecule has 0 radical (unpaired) electrons. The molecule has 3 aromatic rings. The Kier molecular flexibility index (Phi) is 4.94. The summed E-state index contributed by atoms with van der Waals surface area (Å²) in [5.74, 6) is -0.233. The quantitative estimate of drug-likeness (QED) is 0.445. The molecule has 4 rings (SSSR count). The van der Waals surface area contributed by atoms with Crippen LogP contribution in [0.1, 0.15) is 51.6 Å². The Bertz CT molecular complexity index is 1040. The van der Waals surface area contributed by atoms with Crippen molar-refractivity contribution in [1.82, 2.24) is 0 Å². The van der Waals surface area contributed by atoms with Crippen LogP contribution in [0.2, 0.25) is 0 Å². The molecule has 4 nitrogen and oxygen atoms in total. The summed E-state index contributed by atoms with van der Waals surface area (Å²) in [4.78, 5) is 26.6. The van der Waals surface area contributed by atoms with Crippen LogP contribution < -0.4 is 10.6 Å². The maximum absolute atomic E-state index is 13.3. The van der Waals surface area contributed by atoms with Gasteiger partial charge in [0.2, 0.25) is 0 Å². The van der Waals surface area contributed by atoms with E-state index in [1.807, 2.05) is 42.5 Å². The van der Waals surface area contributed by atoms with Crippen LogP contribution >= 0.6 is 0 Å². The third-order valence-electron chi connectivity index (χ3n) is 4.97. The molecule has 0 saturated carbocycles. The third-order valence-corrected chi connectivity index (χ3v) is 4.97. The first kappa shape index (κ1) is 18.0. The molecular weight excluding hydrogens is 348 g/mol. The molecule has 0 heterocycles. The van der Waals surface area contributed by atoms with Crippen molar-refractivity contribution in [2.24, 2.45) is 0 Å². The van der Waals surface area contributed by atoms with Gasteiger partial charge in [-0.3, -0.25) is 9.59 Å². The molecule has 3 aromatic carbocycles. The summed E-state index contributed by atoms with van der Waals surface area (Å²) in [6.45, 7) is 2.88. The third kappa shape index (κ3) is 3.18. The van der Waals surface area contributed by atoms with E-state index in [1.165, 1.54) is 0 Å². The minimum Gasteiger partial charge on any atom is -0.384 e. The summed E-state index contributed by atoms with van der Waals surface area (Å²) in [6.07, 6.45) is 2.05. The van der Waals surface area contributed by atoms with E-state index in [0.29, 0.717) is 27.9 Å². The van der Waals surface area contributed by atoms with Crippen molar-refractivity contribution in [1.29, 1.82) is 0 Å². The Balaban J connectivity index is 1.85. The maximum atomic E-state index is 13.3. The zero-order chi connectivity index (χ0) is 19.5. The van der Waals surface area contributed by atoms with Gasteiger partial charge in [0.15, 0.2) is 11.6 Å². The molecule has 0 amide bonds. The maximum Gasteiger partial charge on any atom is 0.196 e. The first-order valence-electron chi connectivity index (χ1n) is 9.62. The van der Waals surface area contributed by atoms with Crippen LogP contribution in [0.15, 0.2) is 66.7 Å². The van der Waals surface area contributed by atoms with E-state index in [1.54, 1.807) is 24.3 Å². The Hall–Kier alpha value is -3.40. The summed E-state index contributed by atoms with van der Waals surface area (Å²) in [6, 6.07) is 20.5. The number of anilines is 3. The molecule has 0 spiro atoms. The van der Waals surface area contributed by atoms with E-state index in [2.05, 4.69) is 17.6 Å². The zero-order valence-corrected chi connectivity index (χ0v) is 15.8. The number of ketones is 2. The van der Waals surface area contributed by atoms with E-state index in [0.717, 1.165) is 30.8 Å². The van der Waals surface area contributed by atoms with Gasteiger partial charge in [-0.1, -0.05) is 55.8 Å². The molecular formula is C24H22N2O2. The van der Waals surface area contributed by atoms with Crippen LogP contribution in [-0.2, 0) is 0 Å². The second-order valence-electron chi connectivity index (χ2n) is 6.89. The highest BCUT2D eigenvalue weighted by atomic mass is 16.1. The van der Waals surface area contributed by atoms with Crippen molar-refractivity contribution >= 4 is 28.6 Å². The molecule has 0 unspecified atom stereocenters. The molecule has 140 valence electrons. The van der Waals surface area contributed by atoms with Crippen LogP contribution in [-0.4, -0.2) is 18.1 Å². The summed E-state index contributed by atoms with van der Waals surface area (Å²) in [5, 5.41) is 6.65. The van der Waals surface area contributed by atoms with Gasteiger partial charge >= 0.3 is 0 Å². The Morgan fingerprint density at radius 2 is 1.29 bits per heavy atom. The summed E-state index contributed by atoms with van der Waals surface area (Å²) >= 11 is 0. The predicted octanol–water partition coefficient (Wildman–Crippen LogP) is 5.42. The summed E-state index contributed by atoms with van der Waals surface area (Å²) in [7, 11) is 0. The molecule has 4 heteroatoms. The fourth-order valence-corrected chi connectivity index (χ4v) is 3.55. The molecule has 0 aliphatic heterocycles. The normalized spacial score (nSPS) is 12.3.